The van der Waals surface area contributed by atoms with Crippen LogP contribution in [0.1, 0.15) is 25.7 Å². The summed E-state index contributed by atoms with van der Waals surface area (Å²) < 4.78 is 6.03. The zero-order chi connectivity index (χ0) is 12.9. The molecule has 0 atom stereocenters. The molecule has 1 aromatic rings. The predicted molar refractivity (Wildman–Crippen MR) is 78.1 cm³/mol. The molecule has 0 radical (unpaired) electrons. The van der Waals surface area contributed by atoms with Crippen molar-refractivity contribution in [3.05, 3.63) is 54.3 Å². The average Bonchev–Trinajstić information content (AvgIpc) is 2.50. The summed E-state index contributed by atoms with van der Waals surface area (Å²) >= 11 is 0. The molecule has 0 amide bonds. The first-order valence-electron chi connectivity index (χ1n) is 7.25. The van der Waals surface area contributed by atoms with Crippen LogP contribution >= 0.6 is 0 Å². The number of allylic oxidation sites excluding steroid dienone is 3. The summed E-state index contributed by atoms with van der Waals surface area (Å²) in [6, 6.07) is 10.2. The van der Waals surface area contributed by atoms with Crippen molar-refractivity contribution >= 4 is 0 Å². The molecule has 2 aliphatic rings. The van der Waals surface area contributed by atoms with Gasteiger partial charge in [-0.1, -0.05) is 30.4 Å². The van der Waals surface area contributed by atoms with E-state index in [0.29, 0.717) is 6.10 Å². The highest BCUT2D eigenvalue weighted by Crippen LogP contribution is 2.23. The molecule has 0 N–H and O–H groups in total. The van der Waals surface area contributed by atoms with Gasteiger partial charge in [0.15, 0.2) is 0 Å². The van der Waals surface area contributed by atoms with Crippen molar-refractivity contribution in [2.45, 2.75) is 31.8 Å². The van der Waals surface area contributed by atoms with Gasteiger partial charge in [0.25, 0.3) is 0 Å². The van der Waals surface area contributed by atoms with Gasteiger partial charge in [0.05, 0.1) is 0 Å². The maximum absolute atomic E-state index is 6.03. The Bertz CT molecular complexity index is 455. The number of para-hydroxylation sites is 1. The van der Waals surface area contributed by atoms with Gasteiger partial charge in [-0.3, -0.25) is 0 Å². The Morgan fingerprint density at radius 3 is 2.47 bits per heavy atom. The largest absolute Gasteiger partial charge is 0.490 e. The fraction of sp³-hybridized carbons (Fsp3) is 0.412. The lowest BCUT2D eigenvalue weighted by atomic mass is 10.0. The van der Waals surface area contributed by atoms with Gasteiger partial charge in [-0.05, 0) is 31.1 Å². The Morgan fingerprint density at radius 1 is 1.00 bits per heavy atom. The molecular formula is C17H21NO. The second-order valence-electron chi connectivity index (χ2n) is 5.23. The molecule has 0 aromatic heterocycles. The lowest BCUT2D eigenvalue weighted by molar-refractivity contribution is 0.119. The highest BCUT2D eigenvalue weighted by atomic mass is 16.5. The second-order valence-corrected chi connectivity index (χ2v) is 5.23. The Morgan fingerprint density at radius 2 is 1.79 bits per heavy atom. The molecule has 0 unspecified atom stereocenters. The van der Waals surface area contributed by atoms with Crippen LogP contribution in [0.5, 0.6) is 5.75 Å². The summed E-state index contributed by atoms with van der Waals surface area (Å²) in [6.07, 6.45) is 11.9. The first-order valence-corrected chi connectivity index (χ1v) is 7.25. The van der Waals surface area contributed by atoms with Crippen LogP contribution in [0, 0.1) is 0 Å². The standard InChI is InChI=1S/C17H21NO/c1-3-7-15(8-4-1)18-13-11-17(12-14-18)19-16-9-5-2-6-10-16/h2-3,5-10,17H,1,4,11-14H2. The molecular weight excluding hydrogens is 234 g/mol. The van der Waals surface area contributed by atoms with Crippen LogP contribution in [0.2, 0.25) is 0 Å². The number of ether oxygens (including phenoxy) is 1. The maximum atomic E-state index is 6.03. The highest BCUT2D eigenvalue weighted by molar-refractivity contribution is 5.23. The van der Waals surface area contributed by atoms with Crippen molar-refractivity contribution < 1.29 is 4.74 Å². The van der Waals surface area contributed by atoms with Crippen LogP contribution in [0.3, 0.4) is 0 Å². The van der Waals surface area contributed by atoms with E-state index in [2.05, 4.69) is 23.1 Å². The van der Waals surface area contributed by atoms with Gasteiger partial charge in [-0.2, -0.15) is 0 Å². The molecule has 1 aromatic carbocycles. The van der Waals surface area contributed by atoms with Crippen molar-refractivity contribution in [2.24, 2.45) is 0 Å². The van der Waals surface area contributed by atoms with E-state index < -0.39 is 0 Å². The fourth-order valence-electron chi connectivity index (χ4n) is 2.76. The Hall–Kier alpha value is -1.70. The number of nitrogens with zero attached hydrogens (tertiary/aromatic N) is 1. The normalized spacial score (nSPS) is 20.2. The van der Waals surface area contributed by atoms with Crippen LogP contribution < -0.4 is 4.74 Å². The molecule has 3 rings (SSSR count). The van der Waals surface area contributed by atoms with E-state index in [9.17, 15) is 0 Å². The molecule has 0 spiro atoms. The minimum atomic E-state index is 0.367. The third kappa shape index (κ3) is 3.19. The quantitative estimate of drug-likeness (QED) is 0.815. The summed E-state index contributed by atoms with van der Waals surface area (Å²) in [7, 11) is 0. The summed E-state index contributed by atoms with van der Waals surface area (Å²) in [5, 5.41) is 0. The van der Waals surface area contributed by atoms with E-state index >= 15 is 0 Å². The highest BCUT2D eigenvalue weighted by Gasteiger charge is 2.21. The number of piperidine rings is 1. The molecule has 1 saturated heterocycles. The number of benzene rings is 1. The predicted octanol–water partition coefficient (Wildman–Crippen LogP) is 3.76. The van der Waals surface area contributed by atoms with Crippen molar-refractivity contribution in [1.82, 2.24) is 4.90 Å². The topological polar surface area (TPSA) is 12.5 Å². The lowest BCUT2D eigenvalue weighted by Gasteiger charge is -2.35. The van der Waals surface area contributed by atoms with Crippen molar-refractivity contribution in [3.63, 3.8) is 0 Å². The van der Waals surface area contributed by atoms with Crippen molar-refractivity contribution in [3.8, 4) is 5.75 Å². The minimum absolute atomic E-state index is 0.367. The molecule has 0 bridgehead atoms. The van der Waals surface area contributed by atoms with Gasteiger partial charge in [-0.15, -0.1) is 0 Å². The van der Waals surface area contributed by atoms with Crippen LogP contribution in [0.15, 0.2) is 54.3 Å². The van der Waals surface area contributed by atoms with E-state index in [1.807, 2.05) is 30.3 Å². The summed E-state index contributed by atoms with van der Waals surface area (Å²) in [5.41, 5.74) is 1.41. The van der Waals surface area contributed by atoms with Crippen molar-refractivity contribution in [2.75, 3.05) is 13.1 Å². The number of hydrogen-bond donors (Lipinski definition) is 0. The number of likely N-dealkylation sites (tertiary alicyclic amines) is 1. The molecule has 0 saturated carbocycles. The van der Waals surface area contributed by atoms with E-state index in [1.165, 1.54) is 18.5 Å². The first kappa shape index (κ1) is 12.3. The maximum Gasteiger partial charge on any atom is 0.119 e. The molecule has 1 aliphatic carbocycles. The van der Waals surface area contributed by atoms with Gasteiger partial charge in [-0.25, -0.2) is 0 Å². The van der Waals surface area contributed by atoms with E-state index in [0.717, 1.165) is 31.7 Å². The van der Waals surface area contributed by atoms with Gasteiger partial charge >= 0.3 is 0 Å². The van der Waals surface area contributed by atoms with Crippen molar-refractivity contribution in [1.29, 1.82) is 0 Å². The molecule has 19 heavy (non-hydrogen) atoms. The van der Waals surface area contributed by atoms with Crippen LogP contribution in [-0.2, 0) is 0 Å². The molecule has 1 aliphatic heterocycles. The zero-order valence-electron chi connectivity index (χ0n) is 11.3. The van der Waals surface area contributed by atoms with Crippen LogP contribution in [0.25, 0.3) is 0 Å². The van der Waals surface area contributed by atoms with E-state index in [1.54, 1.807) is 0 Å². The minimum Gasteiger partial charge on any atom is -0.490 e. The number of rotatable bonds is 3. The zero-order valence-corrected chi connectivity index (χ0v) is 11.3. The summed E-state index contributed by atoms with van der Waals surface area (Å²) in [5.74, 6) is 0.998. The smallest absolute Gasteiger partial charge is 0.119 e. The monoisotopic (exact) mass is 255 g/mol. The van der Waals surface area contributed by atoms with Gasteiger partial charge in [0.2, 0.25) is 0 Å². The lowest BCUT2D eigenvalue weighted by Crippen LogP contribution is -2.37. The van der Waals surface area contributed by atoms with E-state index in [4.69, 9.17) is 4.74 Å². The first-order chi connectivity index (χ1) is 9.42. The Balaban J connectivity index is 1.52. The average molecular weight is 255 g/mol. The van der Waals surface area contributed by atoms with Crippen LogP contribution in [0.4, 0.5) is 0 Å². The third-order valence-corrected chi connectivity index (χ3v) is 3.83. The van der Waals surface area contributed by atoms with Gasteiger partial charge in [0, 0.05) is 31.6 Å². The Labute approximate surface area is 115 Å². The second kappa shape index (κ2) is 5.96. The Kier molecular flexibility index (Phi) is 3.87. The summed E-state index contributed by atoms with van der Waals surface area (Å²) in [6.45, 7) is 2.21. The molecule has 2 nitrogen and oxygen atoms in total. The van der Waals surface area contributed by atoms with Crippen LogP contribution in [-0.4, -0.2) is 24.1 Å². The molecule has 2 heteroatoms. The molecule has 1 heterocycles. The third-order valence-electron chi connectivity index (χ3n) is 3.83. The van der Waals surface area contributed by atoms with Gasteiger partial charge < -0.3 is 9.64 Å². The SMILES string of the molecule is C1=CC(N2CCC(Oc3ccccc3)CC2)=CCC1. The fourth-order valence-corrected chi connectivity index (χ4v) is 2.76. The molecule has 1 fully saturated rings. The molecule has 100 valence electrons. The number of hydrogen-bond acceptors (Lipinski definition) is 2. The van der Waals surface area contributed by atoms with E-state index in [-0.39, 0.29) is 0 Å². The summed E-state index contributed by atoms with van der Waals surface area (Å²) in [4.78, 5) is 2.49. The van der Waals surface area contributed by atoms with Gasteiger partial charge in [0.1, 0.15) is 11.9 Å².